The van der Waals surface area contributed by atoms with E-state index in [1.807, 2.05) is 12.1 Å². The van der Waals surface area contributed by atoms with Crippen LogP contribution in [-0.4, -0.2) is 21.8 Å². The molecular weight excluding hydrogens is 447 g/mol. The van der Waals surface area contributed by atoms with Crippen LogP contribution in [0.4, 0.5) is 0 Å². The van der Waals surface area contributed by atoms with E-state index in [0.29, 0.717) is 54.7 Å². The van der Waals surface area contributed by atoms with Crippen LogP contribution in [0.25, 0.3) is 44.5 Å². The van der Waals surface area contributed by atoms with Crippen LogP contribution in [0.2, 0.25) is 10.0 Å². The van der Waals surface area contributed by atoms with Gasteiger partial charge in [-0.25, -0.2) is 14.6 Å². The standard InChI is InChI=1S/C24H16Cl2N4O2/c1-32-17-10-11-19-18(12-17)20-22(21(28-19)13-2-6-15(25)7-3-13)29-23(30(27)24(20)31)14-4-8-16(26)9-5-14/h2-12H,27H2,1H3. The third kappa shape index (κ3) is 3.34. The van der Waals surface area contributed by atoms with Crippen LogP contribution in [0.1, 0.15) is 0 Å². The van der Waals surface area contributed by atoms with Crippen molar-refractivity contribution in [1.82, 2.24) is 14.6 Å². The fourth-order valence-electron chi connectivity index (χ4n) is 3.67. The quantitative estimate of drug-likeness (QED) is 0.290. The molecule has 0 aliphatic rings. The zero-order valence-corrected chi connectivity index (χ0v) is 18.4. The molecule has 0 aliphatic heterocycles. The van der Waals surface area contributed by atoms with E-state index in [2.05, 4.69) is 0 Å². The Morgan fingerprint density at radius 1 is 0.875 bits per heavy atom. The number of halogens is 2. The highest BCUT2D eigenvalue weighted by atomic mass is 35.5. The minimum absolute atomic E-state index is 0.304. The zero-order chi connectivity index (χ0) is 22.4. The highest BCUT2D eigenvalue weighted by Crippen LogP contribution is 2.33. The maximum absolute atomic E-state index is 13.5. The maximum atomic E-state index is 13.5. The highest BCUT2D eigenvalue weighted by Gasteiger charge is 2.19. The topological polar surface area (TPSA) is 83.0 Å². The van der Waals surface area contributed by atoms with Gasteiger partial charge in [0.2, 0.25) is 0 Å². The molecule has 2 N–H and O–H groups in total. The third-order valence-corrected chi connectivity index (χ3v) is 5.77. The lowest BCUT2D eigenvalue weighted by molar-refractivity contribution is 0.415. The Bertz CT molecular complexity index is 1550. The molecule has 0 unspecified atom stereocenters. The summed E-state index contributed by atoms with van der Waals surface area (Å²) in [6, 6.07) is 19.6. The van der Waals surface area contributed by atoms with Crippen molar-refractivity contribution in [2.75, 3.05) is 13.0 Å². The molecule has 0 atom stereocenters. The summed E-state index contributed by atoms with van der Waals surface area (Å²) in [6.45, 7) is 0. The first-order valence-electron chi connectivity index (χ1n) is 9.68. The molecule has 0 saturated carbocycles. The molecular formula is C24H16Cl2N4O2. The molecule has 0 fully saturated rings. The summed E-state index contributed by atoms with van der Waals surface area (Å²) in [4.78, 5) is 23.1. The molecule has 0 spiro atoms. The lowest BCUT2D eigenvalue weighted by atomic mass is 10.0. The van der Waals surface area contributed by atoms with Gasteiger partial charge in [-0.15, -0.1) is 0 Å². The van der Waals surface area contributed by atoms with E-state index in [4.69, 9.17) is 43.7 Å². The molecule has 32 heavy (non-hydrogen) atoms. The number of benzene rings is 3. The molecule has 3 aromatic carbocycles. The molecule has 6 nitrogen and oxygen atoms in total. The fourth-order valence-corrected chi connectivity index (χ4v) is 3.92. The van der Waals surface area contributed by atoms with Crippen LogP contribution in [-0.2, 0) is 0 Å². The number of pyridine rings is 1. The molecule has 0 radical (unpaired) electrons. The first kappa shape index (κ1) is 20.3. The second kappa shape index (κ2) is 7.82. The van der Waals surface area contributed by atoms with Crippen molar-refractivity contribution in [2.24, 2.45) is 0 Å². The van der Waals surface area contributed by atoms with Crippen molar-refractivity contribution < 1.29 is 4.74 Å². The lowest BCUT2D eigenvalue weighted by Gasteiger charge is -2.14. The number of methoxy groups -OCH3 is 1. The van der Waals surface area contributed by atoms with Crippen LogP contribution < -0.4 is 16.1 Å². The second-order valence-electron chi connectivity index (χ2n) is 7.19. The smallest absolute Gasteiger partial charge is 0.280 e. The van der Waals surface area contributed by atoms with Gasteiger partial charge in [-0.2, -0.15) is 0 Å². The number of hydrogen-bond donors (Lipinski definition) is 1. The molecule has 158 valence electrons. The van der Waals surface area contributed by atoms with E-state index in [1.54, 1.807) is 61.7 Å². The monoisotopic (exact) mass is 462 g/mol. The van der Waals surface area contributed by atoms with Crippen LogP contribution in [0, 0.1) is 0 Å². The zero-order valence-electron chi connectivity index (χ0n) is 16.8. The van der Waals surface area contributed by atoms with E-state index in [-0.39, 0.29) is 0 Å². The Kier molecular flexibility index (Phi) is 4.96. The summed E-state index contributed by atoms with van der Waals surface area (Å²) in [7, 11) is 1.57. The van der Waals surface area contributed by atoms with Crippen molar-refractivity contribution in [1.29, 1.82) is 0 Å². The van der Waals surface area contributed by atoms with Gasteiger partial charge in [-0.3, -0.25) is 4.79 Å². The minimum atomic E-state index is -0.393. The molecule has 8 heteroatoms. The summed E-state index contributed by atoms with van der Waals surface area (Å²) >= 11 is 12.1. The molecule has 0 bridgehead atoms. The highest BCUT2D eigenvalue weighted by molar-refractivity contribution is 6.31. The Labute approximate surface area is 192 Å². The Morgan fingerprint density at radius 2 is 1.50 bits per heavy atom. The number of nitrogens with two attached hydrogens (primary N) is 1. The molecule has 5 rings (SSSR count). The molecule has 0 saturated heterocycles. The van der Waals surface area contributed by atoms with E-state index in [0.717, 1.165) is 10.2 Å². The van der Waals surface area contributed by atoms with Gasteiger partial charge in [-0.1, -0.05) is 35.3 Å². The number of rotatable bonds is 3. The number of nitrogen functional groups attached to an aromatic ring is 1. The predicted molar refractivity (Wildman–Crippen MR) is 129 cm³/mol. The third-order valence-electron chi connectivity index (χ3n) is 5.27. The second-order valence-corrected chi connectivity index (χ2v) is 8.06. The average Bonchev–Trinajstić information content (AvgIpc) is 2.81. The van der Waals surface area contributed by atoms with Crippen LogP contribution in [0.3, 0.4) is 0 Å². The van der Waals surface area contributed by atoms with Gasteiger partial charge in [0.15, 0.2) is 5.82 Å². The molecule has 2 heterocycles. The van der Waals surface area contributed by atoms with E-state index >= 15 is 0 Å². The van der Waals surface area contributed by atoms with Crippen molar-refractivity contribution in [3.05, 3.63) is 87.1 Å². The largest absolute Gasteiger partial charge is 0.497 e. The summed E-state index contributed by atoms with van der Waals surface area (Å²) in [5, 5.41) is 2.14. The van der Waals surface area contributed by atoms with Gasteiger partial charge in [0.1, 0.15) is 11.3 Å². The molecule has 0 amide bonds. The number of nitrogens with zero attached hydrogens (tertiary/aromatic N) is 3. The van der Waals surface area contributed by atoms with Crippen molar-refractivity contribution in [3.63, 3.8) is 0 Å². The van der Waals surface area contributed by atoms with Crippen molar-refractivity contribution in [2.45, 2.75) is 0 Å². The van der Waals surface area contributed by atoms with Crippen molar-refractivity contribution >= 4 is 45.0 Å². The van der Waals surface area contributed by atoms with Gasteiger partial charge in [0.05, 0.1) is 23.7 Å². The average molecular weight is 463 g/mol. The predicted octanol–water partition coefficient (Wildman–Crippen LogP) is 5.31. The Balaban J connectivity index is 1.94. The first-order chi connectivity index (χ1) is 15.5. The van der Waals surface area contributed by atoms with Gasteiger partial charge in [0, 0.05) is 26.6 Å². The number of aromatic nitrogens is 3. The van der Waals surface area contributed by atoms with Gasteiger partial charge in [0.25, 0.3) is 5.56 Å². The Hall–Kier alpha value is -3.61. The summed E-state index contributed by atoms with van der Waals surface area (Å²) in [5.74, 6) is 7.13. The molecule has 2 aromatic heterocycles. The maximum Gasteiger partial charge on any atom is 0.280 e. The molecule has 5 aromatic rings. The fraction of sp³-hybridized carbons (Fsp3) is 0.0417. The number of hydrogen-bond acceptors (Lipinski definition) is 5. The van der Waals surface area contributed by atoms with Crippen LogP contribution >= 0.6 is 23.2 Å². The number of ether oxygens (including phenoxy) is 1. The van der Waals surface area contributed by atoms with Crippen LogP contribution in [0.15, 0.2) is 71.5 Å². The van der Waals surface area contributed by atoms with Crippen LogP contribution in [0.5, 0.6) is 5.75 Å². The Morgan fingerprint density at radius 3 is 2.12 bits per heavy atom. The number of fused-ring (bicyclic) bond motifs is 3. The van der Waals surface area contributed by atoms with Gasteiger partial charge >= 0.3 is 0 Å². The van der Waals surface area contributed by atoms with Gasteiger partial charge < -0.3 is 10.6 Å². The summed E-state index contributed by atoms with van der Waals surface area (Å²) < 4.78 is 6.41. The minimum Gasteiger partial charge on any atom is -0.497 e. The van der Waals surface area contributed by atoms with Gasteiger partial charge in [-0.05, 0) is 54.6 Å². The van der Waals surface area contributed by atoms with E-state index in [9.17, 15) is 4.79 Å². The first-order valence-corrected chi connectivity index (χ1v) is 10.4. The normalized spacial score (nSPS) is 11.2. The lowest BCUT2D eigenvalue weighted by Crippen LogP contribution is -2.30. The SMILES string of the molecule is COc1ccc2nc(-c3ccc(Cl)cc3)c3nc(-c4ccc(Cl)cc4)n(N)c(=O)c3c2c1. The van der Waals surface area contributed by atoms with E-state index in [1.165, 1.54) is 0 Å². The summed E-state index contributed by atoms with van der Waals surface area (Å²) in [6.07, 6.45) is 0. The molecule has 0 aliphatic carbocycles. The summed E-state index contributed by atoms with van der Waals surface area (Å²) in [5.41, 5.74) is 2.66. The van der Waals surface area contributed by atoms with Crippen molar-refractivity contribution in [3.8, 4) is 28.4 Å². The van der Waals surface area contributed by atoms with E-state index < -0.39 is 5.56 Å².